The number of hydrogen-bond acceptors (Lipinski definition) is 6. The second kappa shape index (κ2) is 6.19. The minimum atomic E-state index is -0.288. The Morgan fingerprint density at radius 2 is 2.11 bits per heavy atom. The van der Waals surface area contributed by atoms with Gasteiger partial charge in [0.15, 0.2) is 0 Å². The molecule has 0 N–H and O–H groups in total. The number of carbonyl (C=O) groups is 1. The van der Waals surface area contributed by atoms with Gasteiger partial charge in [0, 0.05) is 26.2 Å². The predicted molar refractivity (Wildman–Crippen MR) is 70.5 cm³/mol. The highest BCUT2D eigenvalue weighted by molar-refractivity contribution is 7.15. The number of anilines is 1. The predicted octanol–water partition coefficient (Wildman–Crippen LogP) is 1.34. The van der Waals surface area contributed by atoms with Crippen LogP contribution in [0.2, 0.25) is 0 Å². The van der Waals surface area contributed by atoms with Crippen LogP contribution in [-0.2, 0) is 4.74 Å². The van der Waals surface area contributed by atoms with Gasteiger partial charge in [0.2, 0.25) is 5.13 Å². The first kappa shape index (κ1) is 13.4. The van der Waals surface area contributed by atoms with Gasteiger partial charge >= 0.3 is 6.09 Å². The van der Waals surface area contributed by atoms with E-state index in [-0.39, 0.29) is 12.7 Å². The van der Waals surface area contributed by atoms with Gasteiger partial charge in [-0.25, -0.2) is 4.79 Å². The number of amides is 1. The molecule has 0 saturated carbocycles. The number of hydrogen-bond donors (Lipinski definition) is 0. The Bertz CT molecular complexity index is 406. The van der Waals surface area contributed by atoms with Crippen LogP contribution in [-0.4, -0.2) is 59.9 Å². The number of rotatable bonds is 3. The normalized spacial score (nSPS) is 15.9. The highest BCUT2D eigenvalue weighted by atomic mass is 35.5. The van der Waals surface area contributed by atoms with Crippen molar-refractivity contribution in [1.82, 2.24) is 15.1 Å². The Balaban J connectivity index is 1.82. The van der Waals surface area contributed by atoms with Crippen LogP contribution >= 0.6 is 22.9 Å². The van der Waals surface area contributed by atoms with Gasteiger partial charge in [-0.2, -0.15) is 0 Å². The number of carbonyl (C=O) groups excluding carboxylic acids is 1. The third kappa shape index (κ3) is 3.23. The molecule has 1 saturated heterocycles. The summed E-state index contributed by atoms with van der Waals surface area (Å²) in [6.07, 6.45) is -0.288. The molecule has 1 aromatic rings. The van der Waals surface area contributed by atoms with Crippen molar-refractivity contribution in [2.45, 2.75) is 6.92 Å². The highest BCUT2D eigenvalue weighted by Crippen LogP contribution is 2.20. The van der Waals surface area contributed by atoms with Crippen molar-refractivity contribution in [3.05, 3.63) is 5.01 Å². The SMILES string of the molecule is Cc1nnc(N2CCN(C(=O)OCCCl)CC2)s1. The summed E-state index contributed by atoms with van der Waals surface area (Å²) in [6, 6.07) is 0. The molecule has 0 spiro atoms. The largest absolute Gasteiger partial charge is 0.448 e. The number of aromatic nitrogens is 2. The molecule has 1 amide bonds. The molecule has 2 heterocycles. The summed E-state index contributed by atoms with van der Waals surface area (Å²) in [5, 5.41) is 9.97. The molecule has 0 radical (unpaired) electrons. The van der Waals surface area contributed by atoms with Crippen LogP contribution < -0.4 is 4.90 Å². The summed E-state index contributed by atoms with van der Waals surface area (Å²) in [5.74, 6) is 0.329. The Labute approximate surface area is 114 Å². The molecule has 0 aromatic carbocycles. The summed E-state index contributed by atoms with van der Waals surface area (Å²) in [6.45, 7) is 4.98. The van der Waals surface area contributed by atoms with Crippen molar-refractivity contribution in [3.63, 3.8) is 0 Å². The van der Waals surface area contributed by atoms with Gasteiger partial charge in [0.1, 0.15) is 11.6 Å². The van der Waals surface area contributed by atoms with Gasteiger partial charge in [-0.15, -0.1) is 21.8 Å². The van der Waals surface area contributed by atoms with Crippen molar-refractivity contribution in [3.8, 4) is 0 Å². The number of ether oxygens (including phenoxy) is 1. The first-order valence-corrected chi connectivity index (χ1v) is 7.08. The van der Waals surface area contributed by atoms with E-state index in [1.165, 1.54) is 0 Å². The third-order valence-electron chi connectivity index (χ3n) is 2.63. The lowest BCUT2D eigenvalue weighted by atomic mass is 10.3. The van der Waals surface area contributed by atoms with Crippen LogP contribution in [0, 0.1) is 6.92 Å². The first-order chi connectivity index (χ1) is 8.70. The van der Waals surface area contributed by atoms with Crippen LogP contribution in [0.4, 0.5) is 9.93 Å². The van der Waals surface area contributed by atoms with Crippen LogP contribution in [0.1, 0.15) is 5.01 Å². The summed E-state index contributed by atoms with van der Waals surface area (Å²) < 4.78 is 4.99. The van der Waals surface area contributed by atoms with Gasteiger partial charge in [-0.05, 0) is 6.92 Å². The third-order valence-corrected chi connectivity index (χ3v) is 3.68. The highest BCUT2D eigenvalue weighted by Gasteiger charge is 2.23. The zero-order valence-corrected chi connectivity index (χ0v) is 11.7. The number of halogens is 1. The first-order valence-electron chi connectivity index (χ1n) is 5.73. The van der Waals surface area contributed by atoms with Crippen molar-refractivity contribution in [2.75, 3.05) is 43.6 Å². The van der Waals surface area contributed by atoms with E-state index in [0.717, 1.165) is 23.2 Å². The van der Waals surface area contributed by atoms with E-state index in [0.29, 0.717) is 19.0 Å². The Hall–Kier alpha value is -1.08. The lowest BCUT2D eigenvalue weighted by molar-refractivity contribution is 0.105. The average Bonchev–Trinajstić information content (AvgIpc) is 2.83. The average molecular weight is 291 g/mol. The molecular weight excluding hydrogens is 276 g/mol. The van der Waals surface area contributed by atoms with E-state index in [2.05, 4.69) is 15.1 Å². The Kier molecular flexibility index (Phi) is 4.60. The van der Waals surface area contributed by atoms with E-state index in [4.69, 9.17) is 16.3 Å². The molecule has 2 rings (SSSR count). The fourth-order valence-electron chi connectivity index (χ4n) is 1.71. The van der Waals surface area contributed by atoms with Crippen molar-refractivity contribution >= 4 is 34.2 Å². The second-order valence-electron chi connectivity index (χ2n) is 3.88. The summed E-state index contributed by atoms with van der Waals surface area (Å²) in [4.78, 5) is 15.4. The monoisotopic (exact) mass is 290 g/mol. The molecule has 100 valence electrons. The van der Waals surface area contributed by atoms with Gasteiger partial charge < -0.3 is 14.5 Å². The quantitative estimate of drug-likeness (QED) is 0.787. The Morgan fingerprint density at radius 3 is 2.67 bits per heavy atom. The Morgan fingerprint density at radius 1 is 1.39 bits per heavy atom. The fourth-order valence-corrected chi connectivity index (χ4v) is 2.53. The van der Waals surface area contributed by atoms with Crippen LogP contribution in [0.5, 0.6) is 0 Å². The number of alkyl halides is 1. The van der Waals surface area contributed by atoms with E-state index in [9.17, 15) is 4.79 Å². The maximum Gasteiger partial charge on any atom is 0.409 e. The van der Waals surface area contributed by atoms with Crippen LogP contribution in [0.15, 0.2) is 0 Å². The second-order valence-corrected chi connectivity index (χ2v) is 5.42. The van der Waals surface area contributed by atoms with E-state index in [1.54, 1.807) is 16.2 Å². The smallest absolute Gasteiger partial charge is 0.409 e. The molecule has 1 fully saturated rings. The van der Waals surface area contributed by atoms with Crippen molar-refractivity contribution < 1.29 is 9.53 Å². The summed E-state index contributed by atoms with van der Waals surface area (Å²) >= 11 is 7.04. The van der Waals surface area contributed by atoms with E-state index < -0.39 is 0 Å². The minimum Gasteiger partial charge on any atom is -0.448 e. The standard InChI is InChI=1S/C10H15ClN4O2S/c1-8-12-13-9(18-8)14-3-5-15(6-4-14)10(16)17-7-2-11/h2-7H2,1H3. The van der Waals surface area contributed by atoms with Gasteiger partial charge in [-0.1, -0.05) is 11.3 Å². The molecule has 0 unspecified atom stereocenters. The zero-order valence-electron chi connectivity index (χ0n) is 10.1. The maximum absolute atomic E-state index is 11.6. The molecule has 8 heteroatoms. The molecule has 0 aliphatic carbocycles. The van der Waals surface area contributed by atoms with Gasteiger partial charge in [0.05, 0.1) is 5.88 Å². The lowest BCUT2D eigenvalue weighted by Gasteiger charge is -2.33. The zero-order chi connectivity index (χ0) is 13.0. The lowest BCUT2D eigenvalue weighted by Crippen LogP contribution is -2.49. The number of aryl methyl sites for hydroxylation is 1. The van der Waals surface area contributed by atoms with E-state index >= 15 is 0 Å². The molecule has 0 bridgehead atoms. The molecule has 6 nitrogen and oxygen atoms in total. The maximum atomic E-state index is 11.6. The van der Waals surface area contributed by atoms with Crippen LogP contribution in [0.25, 0.3) is 0 Å². The molecule has 1 aliphatic heterocycles. The molecule has 1 aliphatic rings. The fraction of sp³-hybridized carbons (Fsp3) is 0.700. The number of piperazine rings is 1. The molecule has 18 heavy (non-hydrogen) atoms. The van der Waals surface area contributed by atoms with Gasteiger partial charge in [-0.3, -0.25) is 0 Å². The van der Waals surface area contributed by atoms with Gasteiger partial charge in [0.25, 0.3) is 0 Å². The molecular formula is C10H15ClN4O2S. The summed E-state index contributed by atoms with van der Waals surface area (Å²) in [5.41, 5.74) is 0. The number of nitrogens with zero attached hydrogens (tertiary/aromatic N) is 4. The van der Waals surface area contributed by atoms with Crippen LogP contribution in [0.3, 0.4) is 0 Å². The summed E-state index contributed by atoms with van der Waals surface area (Å²) in [7, 11) is 0. The van der Waals surface area contributed by atoms with Crippen molar-refractivity contribution in [1.29, 1.82) is 0 Å². The molecule has 1 aromatic heterocycles. The van der Waals surface area contributed by atoms with Crippen molar-refractivity contribution in [2.24, 2.45) is 0 Å². The topological polar surface area (TPSA) is 58.6 Å². The minimum absolute atomic E-state index is 0.260. The van der Waals surface area contributed by atoms with E-state index in [1.807, 2.05) is 6.92 Å². The molecule has 0 atom stereocenters.